The first-order valence-corrected chi connectivity index (χ1v) is 8.69. The highest BCUT2D eigenvalue weighted by atomic mass is 19.4. The molecule has 0 spiro atoms. The molecular weight excluding hydrogens is 370 g/mol. The molecule has 27 heavy (non-hydrogen) atoms. The number of hydrogen-bond acceptors (Lipinski definition) is 1. The van der Waals surface area contributed by atoms with Crippen LogP contribution in [0.5, 0.6) is 5.75 Å². The van der Waals surface area contributed by atoms with E-state index in [1.165, 1.54) is 12.1 Å². The Morgan fingerprint density at radius 3 is 2.07 bits per heavy atom. The fraction of sp³-hybridized carbons (Fsp3) is 0.400. The summed E-state index contributed by atoms with van der Waals surface area (Å²) in [6.45, 7) is 2.17. The first-order valence-electron chi connectivity index (χ1n) is 8.69. The van der Waals surface area contributed by atoms with Gasteiger partial charge in [-0.2, -0.15) is 4.39 Å². The lowest BCUT2D eigenvalue weighted by atomic mass is 9.79. The fourth-order valence-corrected chi connectivity index (χ4v) is 3.54. The van der Waals surface area contributed by atoms with E-state index < -0.39 is 35.1 Å². The van der Waals surface area contributed by atoms with E-state index in [4.69, 9.17) is 0 Å². The number of rotatable bonds is 3. The van der Waals surface area contributed by atoms with Crippen LogP contribution in [0.15, 0.2) is 30.3 Å². The van der Waals surface area contributed by atoms with E-state index in [1.807, 2.05) is 0 Å². The highest BCUT2D eigenvalue weighted by Gasteiger charge is 2.33. The Morgan fingerprint density at radius 1 is 0.852 bits per heavy atom. The molecule has 7 heteroatoms. The summed E-state index contributed by atoms with van der Waals surface area (Å²) in [6.07, 6.45) is -1.18. The van der Waals surface area contributed by atoms with Gasteiger partial charge in [0.2, 0.25) is 5.82 Å². The lowest BCUT2D eigenvalue weighted by Crippen LogP contribution is -2.18. The monoisotopic (exact) mass is 388 g/mol. The van der Waals surface area contributed by atoms with Gasteiger partial charge in [0.1, 0.15) is 5.82 Å². The molecule has 0 heterocycles. The van der Waals surface area contributed by atoms with Crippen LogP contribution < -0.4 is 4.74 Å². The van der Waals surface area contributed by atoms with Crippen molar-refractivity contribution in [2.45, 2.75) is 44.9 Å². The van der Waals surface area contributed by atoms with Crippen LogP contribution in [0.25, 0.3) is 11.1 Å². The molecule has 0 N–H and O–H groups in total. The van der Waals surface area contributed by atoms with Gasteiger partial charge in [-0.25, -0.2) is 8.78 Å². The van der Waals surface area contributed by atoms with Gasteiger partial charge in [0.25, 0.3) is 0 Å². The van der Waals surface area contributed by atoms with E-state index in [-0.39, 0.29) is 11.5 Å². The van der Waals surface area contributed by atoms with E-state index in [0.29, 0.717) is 12.0 Å². The van der Waals surface area contributed by atoms with E-state index in [1.54, 1.807) is 6.07 Å². The van der Waals surface area contributed by atoms with Gasteiger partial charge < -0.3 is 4.74 Å². The molecule has 1 nitrogen and oxygen atoms in total. The second kappa shape index (κ2) is 7.44. The standard InChI is InChI=1S/C20H18F6O/c1-11-2-4-12(5-3-11)13-6-7-14(16(21)10-13)15-8-9-17(19(23)18(15)22)27-20(24,25)26/h6-12H,2-5H2,1H3. The third-order valence-electron chi connectivity index (χ3n) is 5.04. The molecule has 1 fully saturated rings. The average molecular weight is 388 g/mol. The van der Waals surface area contributed by atoms with Crippen molar-refractivity contribution in [3.8, 4) is 16.9 Å². The van der Waals surface area contributed by atoms with Gasteiger partial charge in [0, 0.05) is 11.1 Å². The lowest BCUT2D eigenvalue weighted by Gasteiger charge is -2.26. The van der Waals surface area contributed by atoms with Gasteiger partial charge >= 0.3 is 6.36 Å². The third kappa shape index (κ3) is 4.39. The first kappa shape index (κ1) is 19.6. The van der Waals surface area contributed by atoms with E-state index in [2.05, 4.69) is 11.7 Å². The molecule has 0 amide bonds. The fourth-order valence-electron chi connectivity index (χ4n) is 3.54. The minimum absolute atomic E-state index is 0.210. The molecular formula is C20H18F6O. The van der Waals surface area contributed by atoms with Crippen LogP contribution in [0, 0.1) is 23.4 Å². The minimum Gasteiger partial charge on any atom is -0.403 e. The molecule has 1 saturated carbocycles. The summed E-state index contributed by atoms with van der Waals surface area (Å²) >= 11 is 0. The third-order valence-corrected chi connectivity index (χ3v) is 5.04. The van der Waals surface area contributed by atoms with Gasteiger partial charge in [0.15, 0.2) is 11.6 Å². The second-order valence-electron chi connectivity index (χ2n) is 6.98. The van der Waals surface area contributed by atoms with Crippen LogP contribution in [0.4, 0.5) is 26.3 Å². The quantitative estimate of drug-likeness (QED) is 0.516. The summed E-state index contributed by atoms with van der Waals surface area (Å²) in [7, 11) is 0. The Morgan fingerprint density at radius 2 is 1.48 bits per heavy atom. The molecule has 2 aromatic rings. The molecule has 0 aliphatic heterocycles. The number of halogens is 6. The smallest absolute Gasteiger partial charge is 0.403 e. The molecule has 0 unspecified atom stereocenters. The molecule has 0 aromatic heterocycles. The largest absolute Gasteiger partial charge is 0.573 e. The van der Waals surface area contributed by atoms with E-state index in [0.717, 1.165) is 37.3 Å². The zero-order valence-electron chi connectivity index (χ0n) is 14.5. The van der Waals surface area contributed by atoms with Gasteiger partial charge in [-0.05, 0) is 48.4 Å². The normalized spacial score (nSPS) is 20.6. The number of benzene rings is 2. The number of alkyl halides is 3. The summed E-state index contributed by atoms with van der Waals surface area (Å²) < 4.78 is 82.7. The maximum atomic E-state index is 14.6. The molecule has 0 saturated heterocycles. The Bertz CT molecular complexity index is 822. The average Bonchev–Trinajstić information content (AvgIpc) is 2.59. The molecule has 146 valence electrons. The van der Waals surface area contributed by atoms with Crippen LogP contribution in [-0.4, -0.2) is 6.36 Å². The zero-order chi connectivity index (χ0) is 19.8. The molecule has 0 bridgehead atoms. The number of ether oxygens (including phenoxy) is 1. The topological polar surface area (TPSA) is 9.23 Å². The van der Waals surface area contributed by atoms with Crippen molar-refractivity contribution in [1.82, 2.24) is 0 Å². The van der Waals surface area contributed by atoms with Crippen molar-refractivity contribution in [2.24, 2.45) is 5.92 Å². The summed E-state index contributed by atoms with van der Waals surface area (Å²) in [4.78, 5) is 0. The molecule has 0 atom stereocenters. The van der Waals surface area contributed by atoms with Crippen LogP contribution in [0.3, 0.4) is 0 Å². The summed E-state index contributed by atoms with van der Waals surface area (Å²) in [5.41, 5.74) is 0.127. The predicted molar refractivity (Wildman–Crippen MR) is 88.8 cm³/mol. The van der Waals surface area contributed by atoms with Crippen molar-refractivity contribution in [3.05, 3.63) is 53.3 Å². The Kier molecular flexibility index (Phi) is 5.40. The van der Waals surface area contributed by atoms with Crippen molar-refractivity contribution in [2.75, 3.05) is 0 Å². The highest BCUT2D eigenvalue weighted by molar-refractivity contribution is 5.66. The van der Waals surface area contributed by atoms with E-state index in [9.17, 15) is 26.3 Å². The van der Waals surface area contributed by atoms with Crippen molar-refractivity contribution >= 4 is 0 Å². The molecule has 2 aromatic carbocycles. The van der Waals surface area contributed by atoms with Gasteiger partial charge in [0.05, 0.1) is 0 Å². The SMILES string of the molecule is CC1CCC(c2ccc(-c3ccc(OC(F)(F)F)c(F)c3F)c(F)c2)CC1. The zero-order valence-corrected chi connectivity index (χ0v) is 14.5. The van der Waals surface area contributed by atoms with Gasteiger partial charge in [-0.1, -0.05) is 31.9 Å². The Labute approximate surface area is 153 Å². The van der Waals surface area contributed by atoms with Crippen LogP contribution in [-0.2, 0) is 0 Å². The lowest BCUT2D eigenvalue weighted by molar-refractivity contribution is -0.275. The Balaban J connectivity index is 1.89. The molecule has 0 radical (unpaired) electrons. The van der Waals surface area contributed by atoms with Crippen LogP contribution in [0.2, 0.25) is 0 Å². The van der Waals surface area contributed by atoms with E-state index >= 15 is 0 Å². The van der Waals surface area contributed by atoms with Crippen molar-refractivity contribution in [1.29, 1.82) is 0 Å². The summed E-state index contributed by atoms with van der Waals surface area (Å²) in [5.74, 6) is -4.58. The van der Waals surface area contributed by atoms with Crippen molar-refractivity contribution in [3.63, 3.8) is 0 Å². The first-order chi connectivity index (χ1) is 12.7. The molecule has 1 aliphatic carbocycles. The van der Waals surface area contributed by atoms with Gasteiger partial charge in [-0.15, -0.1) is 13.2 Å². The summed E-state index contributed by atoms with van der Waals surface area (Å²) in [6, 6.07) is 5.81. The maximum Gasteiger partial charge on any atom is 0.573 e. The molecule has 3 rings (SSSR count). The van der Waals surface area contributed by atoms with Crippen LogP contribution >= 0.6 is 0 Å². The predicted octanol–water partition coefficient (Wildman–Crippen LogP) is 6.96. The maximum absolute atomic E-state index is 14.6. The number of hydrogen-bond donors (Lipinski definition) is 0. The second-order valence-corrected chi connectivity index (χ2v) is 6.98. The van der Waals surface area contributed by atoms with Crippen LogP contribution in [0.1, 0.15) is 44.1 Å². The highest BCUT2D eigenvalue weighted by Crippen LogP contribution is 2.38. The molecule has 1 aliphatic rings. The van der Waals surface area contributed by atoms with Gasteiger partial charge in [-0.3, -0.25) is 0 Å². The minimum atomic E-state index is -5.15. The Hall–Kier alpha value is -2.18. The van der Waals surface area contributed by atoms with Crippen molar-refractivity contribution < 1.29 is 31.1 Å². The summed E-state index contributed by atoms with van der Waals surface area (Å²) in [5, 5.41) is 0.